The molecule has 0 spiro atoms. The van der Waals surface area contributed by atoms with Gasteiger partial charge in [-0.3, -0.25) is 9.59 Å². The lowest BCUT2D eigenvalue weighted by Gasteiger charge is -2.22. The zero-order chi connectivity index (χ0) is 21.8. The Labute approximate surface area is 182 Å². The molecule has 2 aromatic carbocycles. The largest absolute Gasteiger partial charge is 0.484 e. The quantitative estimate of drug-likeness (QED) is 0.627. The van der Waals surface area contributed by atoms with Gasteiger partial charge in [0.05, 0.1) is 6.04 Å². The highest BCUT2D eigenvalue weighted by atomic mass is 32.1. The molecular formula is C22H21FN4O3S. The van der Waals surface area contributed by atoms with E-state index >= 15 is 0 Å². The minimum Gasteiger partial charge on any atom is -0.484 e. The predicted molar refractivity (Wildman–Crippen MR) is 115 cm³/mol. The standard InChI is InChI=1S/C22H21FN4O3S/c1-14-4-2-5-17(12-14)30-13-19(28)27-11-3-6-18(27)21-25-26-22(31-21)20(29)24-16-9-7-15(23)8-10-16/h2,4-5,7-10,12,18H,3,6,11,13H2,1H3,(H,24,29)/t18-/m1/s1. The maximum Gasteiger partial charge on any atom is 0.286 e. The van der Waals surface area contributed by atoms with Crippen LogP contribution >= 0.6 is 11.3 Å². The van der Waals surface area contributed by atoms with Crippen LogP contribution in [0.25, 0.3) is 0 Å². The molecule has 1 aliphatic rings. The van der Waals surface area contributed by atoms with Crippen molar-refractivity contribution in [1.29, 1.82) is 0 Å². The summed E-state index contributed by atoms with van der Waals surface area (Å²) in [5.74, 6) is -0.279. The Hall–Kier alpha value is -3.33. The summed E-state index contributed by atoms with van der Waals surface area (Å²) in [6.07, 6.45) is 1.60. The average Bonchev–Trinajstić information content (AvgIpc) is 3.43. The van der Waals surface area contributed by atoms with Gasteiger partial charge in [0.1, 0.15) is 16.6 Å². The van der Waals surface area contributed by atoms with Crippen LogP contribution in [0, 0.1) is 12.7 Å². The van der Waals surface area contributed by atoms with Gasteiger partial charge in [0.15, 0.2) is 6.61 Å². The smallest absolute Gasteiger partial charge is 0.286 e. The lowest BCUT2D eigenvalue weighted by atomic mass is 10.2. The van der Waals surface area contributed by atoms with Crippen molar-refractivity contribution in [2.24, 2.45) is 0 Å². The van der Waals surface area contributed by atoms with Crippen LogP contribution in [0.5, 0.6) is 5.75 Å². The number of hydrogen-bond donors (Lipinski definition) is 1. The number of aromatic nitrogens is 2. The highest BCUT2D eigenvalue weighted by molar-refractivity contribution is 7.13. The van der Waals surface area contributed by atoms with E-state index in [1.54, 1.807) is 4.90 Å². The second-order valence-corrected chi connectivity index (χ2v) is 8.27. The van der Waals surface area contributed by atoms with Crippen LogP contribution in [0.2, 0.25) is 0 Å². The van der Waals surface area contributed by atoms with Crippen LogP contribution in [0.3, 0.4) is 0 Å². The Bertz CT molecular complexity index is 1090. The molecule has 2 heterocycles. The number of aryl methyl sites for hydroxylation is 1. The van der Waals surface area contributed by atoms with Crippen LogP contribution in [0.15, 0.2) is 48.5 Å². The third kappa shape index (κ3) is 5.05. The second-order valence-electron chi connectivity index (χ2n) is 7.26. The fourth-order valence-corrected chi connectivity index (χ4v) is 4.32. The number of carbonyl (C=O) groups is 2. The molecule has 4 rings (SSSR count). The van der Waals surface area contributed by atoms with Crippen molar-refractivity contribution < 1.29 is 18.7 Å². The van der Waals surface area contributed by atoms with E-state index in [9.17, 15) is 14.0 Å². The number of amides is 2. The molecule has 0 saturated carbocycles. The predicted octanol–water partition coefficient (Wildman–Crippen LogP) is 3.98. The maximum atomic E-state index is 13.0. The van der Waals surface area contributed by atoms with E-state index in [2.05, 4.69) is 15.5 Å². The van der Waals surface area contributed by atoms with Crippen molar-refractivity contribution in [2.75, 3.05) is 18.5 Å². The van der Waals surface area contributed by atoms with Gasteiger partial charge in [-0.1, -0.05) is 23.5 Å². The summed E-state index contributed by atoms with van der Waals surface area (Å²) in [7, 11) is 0. The van der Waals surface area contributed by atoms with E-state index in [-0.39, 0.29) is 29.4 Å². The molecular weight excluding hydrogens is 419 g/mol. The Morgan fingerprint density at radius 1 is 1.23 bits per heavy atom. The fraction of sp³-hybridized carbons (Fsp3) is 0.273. The molecule has 1 atom stereocenters. The van der Waals surface area contributed by atoms with Crippen molar-refractivity contribution in [3.8, 4) is 5.75 Å². The minimum absolute atomic E-state index is 0.0589. The molecule has 2 amide bonds. The average molecular weight is 441 g/mol. The van der Waals surface area contributed by atoms with E-state index in [0.29, 0.717) is 23.0 Å². The van der Waals surface area contributed by atoms with E-state index in [4.69, 9.17) is 4.74 Å². The minimum atomic E-state index is -0.422. The number of nitrogens with one attached hydrogen (secondary N) is 1. The van der Waals surface area contributed by atoms with Crippen molar-refractivity contribution in [3.63, 3.8) is 0 Å². The number of ether oxygens (including phenoxy) is 1. The first-order chi connectivity index (χ1) is 15.0. The molecule has 1 saturated heterocycles. The van der Waals surface area contributed by atoms with Crippen LogP contribution in [0.4, 0.5) is 10.1 Å². The monoisotopic (exact) mass is 440 g/mol. The summed E-state index contributed by atoms with van der Waals surface area (Å²) in [5, 5.41) is 11.6. The normalized spacial score (nSPS) is 15.7. The van der Waals surface area contributed by atoms with Gasteiger partial charge in [-0.05, 0) is 61.7 Å². The van der Waals surface area contributed by atoms with Crippen molar-refractivity contribution in [3.05, 3.63) is 69.9 Å². The number of carbonyl (C=O) groups excluding carboxylic acids is 2. The number of halogens is 1. The third-order valence-corrected chi connectivity index (χ3v) is 5.97. The summed E-state index contributed by atoms with van der Waals surface area (Å²) in [6, 6.07) is 12.8. The first kappa shape index (κ1) is 20.9. The number of nitrogens with zero attached hydrogens (tertiary/aromatic N) is 3. The zero-order valence-corrected chi connectivity index (χ0v) is 17.7. The summed E-state index contributed by atoms with van der Waals surface area (Å²) < 4.78 is 18.7. The van der Waals surface area contributed by atoms with E-state index in [1.165, 1.54) is 24.3 Å². The summed E-state index contributed by atoms with van der Waals surface area (Å²) in [4.78, 5) is 26.9. The molecule has 3 aromatic rings. The number of likely N-dealkylation sites (tertiary alicyclic amines) is 1. The molecule has 0 radical (unpaired) electrons. The van der Waals surface area contributed by atoms with Crippen LogP contribution in [-0.2, 0) is 4.79 Å². The summed E-state index contributed by atoms with van der Waals surface area (Å²) in [5.41, 5.74) is 1.53. The Morgan fingerprint density at radius 2 is 2.03 bits per heavy atom. The maximum absolute atomic E-state index is 13.0. The molecule has 1 fully saturated rings. The molecule has 9 heteroatoms. The lowest BCUT2D eigenvalue weighted by molar-refractivity contribution is -0.134. The van der Waals surface area contributed by atoms with Crippen molar-refractivity contribution >= 4 is 28.8 Å². The number of rotatable bonds is 6. The van der Waals surface area contributed by atoms with Gasteiger partial charge < -0.3 is 15.0 Å². The SMILES string of the molecule is Cc1cccc(OCC(=O)N2CCC[C@@H]2c2nnc(C(=O)Nc3ccc(F)cc3)s2)c1. The van der Waals surface area contributed by atoms with Crippen LogP contribution < -0.4 is 10.1 Å². The Morgan fingerprint density at radius 3 is 2.81 bits per heavy atom. The van der Waals surface area contributed by atoms with Crippen LogP contribution in [-0.4, -0.2) is 40.1 Å². The number of hydrogen-bond acceptors (Lipinski definition) is 6. The van der Waals surface area contributed by atoms with Gasteiger partial charge >= 0.3 is 0 Å². The number of benzene rings is 2. The zero-order valence-electron chi connectivity index (χ0n) is 16.9. The van der Waals surface area contributed by atoms with Gasteiger partial charge in [0.2, 0.25) is 5.01 Å². The molecule has 0 aliphatic carbocycles. The molecule has 1 N–H and O–H groups in total. The van der Waals surface area contributed by atoms with Gasteiger partial charge in [-0.25, -0.2) is 4.39 Å². The second kappa shape index (κ2) is 9.22. The summed E-state index contributed by atoms with van der Waals surface area (Å²) in [6.45, 7) is 2.51. The topological polar surface area (TPSA) is 84.4 Å². The molecule has 160 valence electrons. The summed E-state index contributed by atoms with van der Waals surface area (Å²) >= 11 is 1.16. The molecule has 31 heavy (non-hydrogen) atoms. The van der Waals surface area contributed by atoms with Crippen molar-refractivity contribution in [2.45, 2.75) is 25.8 Å². The first-order valence-electron chi connectivity index (χ1n) is 9.89. The highest BCUT2D eigenvalue weighted by Gasteiger charge is 2.33. The molecule has 0 unspecified atom stereocenters. The third-order valence-electron chi connectivity index (χ3n) is 4.95. The van der Waals surface area contributed by atoms with E-state index in [0.717, 1.165) is 29.7 Å². The Balaban J connectivity index is 1.39. The van der Waals surface area contributed by atoms with E-state index in [1.807, 2.05) is 31.2 Å². The van der Waals surface area contributed by atoms with Gasteiger partial charge in [-0.15, -0.1) is 10.2 Å². The van der Waals surface area contributed by atoms with E-state index < -0.39 is 5.91 Å². The molecule has 1 aliphatic heterocycles. The Kier molecular flexibility index (Phi) is 6.22. The van der Waals surface area contributed by atoms with Crippen molar-refractivity contribution in [1.82, 2.24) is 15.1 Å². The highest BCUT2D eigenvalue weighted by Crippen LogP contribution is 2.34. The first-order valence-corrected chi connectivity index (χ1v) is 10.7. The molecule has 0 bridgehead atoms. The van der Waals surface area contributed by atoms with Gasteiger partial charge in [0, 0.05) is 12.2 Å². The van der Waals surface area contributed by atoms with Gasteiger partial charge in [0.25, 0.3) is 11.8 Å². The fourth-order valence-electron chi connectivity index (χ4n) is 3.43. The molecule has 1 aromatic heterocycles. The van der Waals surface area contributed by atoms with Crippen LogP contribution in [0.1, 0.15) is 39.3 Å². The lowest BCUT2D eigenvalue weighted by Crippen LogP contribution is -2.34. The van der Waals surface area contributed by atoms with Gasteiger partial charge in [-0.2, -0.15) is 0 Å². The molecule has 7 nitrogen and oxygen atoms in total. The number of anilines is 1.